The maximum absolute atomic E-state index is 11.8. The molecule has 0 unspecified atom stereocenters. The monoisotopic (exact) mass is 293 g/mol. The standard InChI is InChI=1S/C16H27N3O2/c1-12-6-7-14(11-18-12)8-9-17-15(20)19-13(2)10-16(3,4)21-5/h6-7,11,13H,8-10H2,1-5H3,(H2,17,19,20)/t13-/m0/s1. The molecule has 0 bridgehead atoms. The molecule has 0 spiro atoms. The first-order valence-electron chi connectivity index (χ1n) is 7.33. The van der Waals surface area contributed by atoms with Crippen LogP contribution in [0.1, 0.15) is 38.4 Å². The van der Waals surface area contributed by atoms with Gasteiger partial charge in [0.05, 0.1) is 5.60 Å². The number of hydrogen-bond donors (Lipinski definition) is 2. The Kier molecular flexibility index (Phi) is 6.62. The lowest BCUT2D eigenvalue weighted by atomic mass is 10.00. The number of carbonyl (C=O) groups excluding carboxylic acids is 1. The van der Waals surface area contributed by atoms with E-state index >= 15 is 0 Å². The highest BCUT2D eigenvalue weighted by Crippen LogP contribution is 2.15. The van der Waals surface area contributed by atoms with Crippen molar-refractivity contribution in [3.63, 3.8) is 0 Å². The molecule has 0 saturated carbocycles. The number of hydrogen-bond acceptors (Lipinski definition) is 3. The third-order valence-corrected chi connectivity index (χ3v) is 3.40. The maximum atomic E-state index is 11.8. The Bertz CT molecular complexity index is 443. The molecule has 0 radical (unpaired) electrons. The van der Waals surface area contributed by atoms with Crippen LogP contribution < -0.4 is 10.6 Å². The van der Waals surface area contributed by atoms with E-state index in [1.54, 1.807) is 7.11 Å². The van der Waals surface area contributed by atoms with Gasteiger partial charge in [0, 0.05) is 31.6 Å². The summed E-state index contributed by atoms with van der Waals surface area (Å²) >= 11 is 0. The van der Waals surface area contributed by atoms with Crippen LogP contribution in [0, 0.1) is 6.92 Å². The van der Waals surface area contributed by atoms with Gasteiger partial charge in [0.2, 0.25) is 0 Å². The van der Waals surface area contributed by atoms with Gasteiger partial charge < -0.3 is 15.4 Å². The van der Waals surface area contributed by atoms with Gasteiger partial charge in [0.1, 0.15) is 0 Å². The maximum Gasteiger partial charge on any atom is 0.315 e. The highest BCUT2D eigenvalue weighted by atomic mass is 16.5. The molecule has 0 aromatic carbocycles. The van der Waals surface area contributed by atoms with Gasteiger partial charge in [0.25, 0.3) is 0 Å². The molecule has 2 N–H and O–H groups in total. The minimum atomic E-state index is -0.236. The third kappa shape index (κ3) is 7.09. The summed E-state index contributed by atoms with van der Waals surface area (Å²) in [5, 5.41) is 5.78. The fourth-order valence-electron chi connectivity index (χ4n) is 2.11. The van der Waals surface area contributed by atoms with Crippen LogP contribution in [0.3, 0.4) is 0 Å². The van der Waals surface area contributed by atoms with Gasteiger partial charge in [-0.2, -0.15) is 0 Å². The molecule has 5 nitrogen and oxygen atoms in total. The van der Waals surface area contributed by atoms with E-state index in [0.29, 0.717) is 6.54 Å². The average Bonchev–Trinajstić information content (AvgIpc) is 2.40. The van der Waals surface area contributed by atoms with Crippen LogP contribution in [0.2, 0.25) is 0 Å². The van der Waals surface area contributed by atoms with Gasteiger partial charge in [-0.05, 0) is 52.2 Å². The molecule has 0 fully saturated rings. The largest absolute Gasteiger partial charge is 0.379 e. The molecule has 1 aromatic heterocycles. The third-order valence-electron chi connectivity index (χ3n) is 3.40. The molecule has 0 aliphatic rings. The average molecular weight is 293 g/mol. The first-order chi connectivity index (χ1) is 9.82. The Morgan fingerprint density at radius 2 is 2.14 bits per heavy atom. The number of ether oxygens (including phenoxy) is 1. The number of rotatable bonds is 7. The Morgan fingerprint density at radius 1 is 1.43 bits per heavy atom. The molecule has 5 heteroatoms. The lowest BCUT2D eigenvalue weighted by molar-refractivity contribution is 0.00951. The van der Waals surface area contributed by atoms with Crippen LogP contribution in [0.15, 0.2) is 18.3 Å². The van der Waals surface area contributed by atoms with Gasteiger partial charge in [-0.1, -0.05) is 6.07 Å². The molecule has 0 aliphatic heterocycles. The minimum absolute atomic E-state index is 0.0565. The molecular formula is C16H27N3O2. The van der Waals surface area contributed by atoms with Crippen molar-refractivity contribution in [1.29, 1.82) is 0 Å². The summed E-state index contributed by atoms with van der Waals surface area (Å²) in [5.74, 6) is 0. The van der Waals surface area contributed by atoms with E-state index in [1.165, 1.54) is 0 Å². The lowest BCUT2D eigenvalue weighted by Crippen LogP contribution is -2.44. The predicted octanol–water partition coefficient (Wildman–Crippen LogP) is 2.44. The number of nitrogens with zero attached hydrogens (tertiary/aromatic N) is 1. The first-order valence-corrected chi connectivity index (χ1v) is 7.33. The number of pyridine rings is 1. The summed E-state index contributed by atoms with van der Waals surface area (Å²) in [6.45, 7) is 8.54. The predicted molar refractivity (Wildman–Crippen MR) is 84.4 cm³/mol. The van der Waals surface area contributed by atoms with E-state index in [9.17, 15) is 4.79 Å². The van der Waals surface area contributed by atoms with Crippen LogP contribution in [0.25, 0.3) is 0 Å². The molecular weight excluding hydrogens is 266 g/mol. The van der Waals surface area contributed by atoms with Crippen molar-refractivity contribution in [2.45, 2.75) is 52.2 Å². The summed E-state index contributed by atoms with van der Waals surface area (Å²) in [7, 11) is 1.68. The number of nitrogens with one attached hydrogen (secondary N) is 2. The number of methoxy groups -OCH3 is 1. The summed E-state index contributed by atoms with van der Waals surface area (Å²) in [6.07, 6.45) is 3.39. The summed E-state index contributed by atoms with van der Waals surface area (Å²) < 4.78 is 5.36. The van der Waals surface area contributed by atoms with Gasteiger partial charge in [0.15, 0.2) is 0 Å². The molecule has 1 atom stereocenters. The zero-order chi connectivity index (χ0) is 15.9. The molecule has 0 saturated heterocycles. The van der Waals surface area contributed by atoms with Crippen LogP contribution in [-0.2, 0) is 11.2 Å². The molecule has 2 amide bonds. The first kappa shape index (κ1) is 17.4. The molecule has 1 aromatic rings. The zero-order valence-electron chi connectivity index (χ0n) is 13.7. The van der Waals surface area contributed by atoms with E-state index in [4.69, 9.17) is 4.74 Å². The Balaban J connectivity index is 2.26. The number of carbonyl (C=O) groups is 1. The summed E-state index contributed by atoms with van der Waals surface area (Å²) in [5.41, 5.74) is 1.88. The molecule has 21 heavy (non-hydrogen) atoms. The highest BCUT2D eigenvalue weighted by Gasteiger charge is 2.20. The molecule has 0 aliphatic carbocycles. The van der Waals surface area contributed by atoms with Crippen molar-refractivity contribution < 1.29 is 9.53 Å². The smallest absolute Gasteiger partial charge is 0.315 e. The number of aromatic nitrogens is 1. The van der Waals surface area contributed by atoms with E-state index in [0.717, 1.165) is 24.1 Å². The van der Waals surface area contributed by atoms with Crippen LogP contribution in [0.4, 0.5) is 4.79 Å². The fraction of sp³-hybridized carbons (Fsp3) is 0.625. The van der Waals surface area contributed by atoms with E-state index in [-0.39, 0.29) is 17.7 Å². The van der Waals surface area contributed by atoms with Gasteiger partial charge in [-0.3, -0.25) is 4.98 Å². The van der Waals surface area contributed by atoms with Crippen LogP contribution in [0.5, 0.6) is 0 Å². The van der Waals surface area contributed by atoms with Gasteiger partial charge >= 0.3 is 6.03 Å². The topological polar surface area (TPSA) is 63.2 Å². The molecule has 1 rings (SSSR count). The van der Waals surface area contributed by atoms with Gasteiger partial charge in [-0.15, -0.1) is 0 Å². The normalized spacial score (nSPS) is 12.8. The Hall–Kier alpha value is -1.62. The van der Waals surface area contributed by atoms with Crippen molar-refractivity contribution >= 4 is 6.03 Å². The van der Waals surface area contributed by atoms with E-state index < -0.39 is 0 Å². The second kappa shape index (κ2) is 7.98. The van der Waals surface area contributed by atoms with Crippen LogP contribution in [-0.4, -0.2) is 36.3 Å². The highest BCUT2D eigenvalue weighted by molar-refractivity contribution is 5.74. The van der Waals surface area contributed by atoms with Crippen molar-refractivity contribution in [3.8, 4) is 0 Å². The Labute approximate surface area is 127 Å². The minimum Gasteiger partial charge on any atom is -0.379 e. The van der Waals surface area contributed by atoms with E-state index in [2.05, 4.69) is 15.6 Å². The van der Waals surface area contributed by atoms with Gasteiger partial charge in [-0.25, -0.2) is 4.79 Å². The molecule has 1 heterocycles. The Morgan fingerprint density at radius 3 is 2.71 bits per heavy atom. The van der Waals surface area contributed by atoms with Crippen molar-refractivity contribution in [1.82, 2.24) is 15.6 Å². The SMILES string of the molecule is COC(C)(C)C[C@H](C)NC(=O)NCCc1ccc(C)nc1. The van der Waals surface area contributed by atoms with Crippen molar-refractivity contribution in [2.75, 3.05) is 13.7 Å². The number of aryl methyl sites for hydroxylation is 1. The number of urea groups is 1. The zero-order valence-corrected chi connectivity index (χ0v) is 13.7. The van der Waals surface area contributed by atoms with Crippen molar-refractivity contribution in [3.05, 3.63) is 29.6 Å². The second-order valence-corrected chi connectivity index (χ2v) is 6.03. The fourth-order valence-corrected chi connectivity index (χ4v) is 2.11. The summed E-state index contributed by atoms with van der Waals surface area (Å²) in [6, 6.07) is 3.92. The second-order valence-electron chi connectivity index (χ2n) is 6.03. The van der Waals surface area contributed by atoms with E-state index in [1.807, 2.05) is 46.0 Å². The summed E-state index contributed by atoms with van der Waals surface area (Å²) in [4.78, 5) is 16.0. The van der Waals surface area contributed by atoms with Crippen LogP contribution >= 0.6 is 0 Å². The quantitative estimate of drug-likeness (QED) is 0.811. The lowest BCUT2D eigenvalue weighted by Gasteiger charge is -2.27. The number of amides is 2. The molecule has 118 valence electrons. The van der Waals surface area contributed by atoms with Crippen molar-refractivity contribution in [2.24, 2.45) is 0 Å².